The van der Waals surface area contributed by atoms with Gasteiger partial charge >= 0.3 is 18.0 Å². The summed E-state index contributed by atoms with van der Waals surface area (Å²) in [5.41, 5.74) is 0. The van der Waals surface area contributed by atoms with Crippen LogP contribution in [0.2, 0.25) is 0 Å². The van der Waals surface area contributed by atoms with Gasteiger partial charge in [-0.1, -0.05) is 0 Å². The third-order valence-electron chi connectivity index (χ3n) is 1.91. The van der Waals surface area contributed by atoms with Crippen LogP contribution in [-0.2, 0) is 14.3 Å². The number of rotatable bonds is 8. The molecule has 0 saturated heterocycles. The van der Waals surface area contributed by atoms with Gasteiger partial charge in [0.2, 0.25) is 0 Å². The van der Waals surface area contributed by atoms with Crippen molar-refractivity contribution < 1.29 is 24.2 Å². The third kappa shape index (κ3) is 7.77. The summed E-state index contributed by atoms with van der Waals surface area (Å²) in [7, 11) is 0. The number of ether oxygens (including phenoxy) is 1. The van der Waals surface area contributed by atoms with E-state index in [2.05, 4.69) is 15.4 Å². The van der Waals surface area contributed by atoms with E-state index >= 15 is 0 Å². The van der Waals surface area contributed by atoms with Crippen LogP contribution in [0.1, 0.15) is 13.3 Å². The lowest BCUT2D eigenvalue weighted by Crippen LogP contribution is -2.47. The van der Waals surface area contributed by atoms with Gasteiger partial charge in [-0.3, -0.25) is 4.79 Å². The maximum atomic E-state index is 11.3. The van der Waals surface area contributed by atoms with E-state index in [1.807, 2.05) is 6.26 Å². The molecule has 18 heavy (non-hydrogen) atoms. The number of nitrogens with one attached hydrogen (secondary N) is 2. The van der Waals surface area contributed by atoms with E-state index in [1.165, 1.54) is 11.8 Å². The predicted molar refractivity (Wildman–Crippen MR) is 67.6 cm³/mol. The number of carbonyl (C=O) groups excluding carboxylic acids is 2. The Bertz CT molecular complexity index is 298. The van der Waals surface area contributed by atoms with E-state index in [-0.39, 0.29) is 13.2 Å². The number of urea groups is 1. The van der Waals surface area contributed by atoms with Gasteiger partial charge in [-0.2, -0.15) is 11.8 Å². The number of aliphatic carboxylic acids is 1. The Morgan fingerprint density at radius 3 is 2.56 bits per heavy atom. The van der Waals surface area contributed by atoms with Crippen LogP contribution >= 0.6 is 11.8 Å². The molecule has 1 unspecified atom stereocenters. The van der Waals surface area contributed by atoms with Gasteiger partial charge in [0, 0.05) is 0 Å². The Hall–Kier alpha value is -1.44. The topological polar surface area (TPSA) is 105 Å². The molecule has 0 bridgehead atoms. The molecule has 104 valence electrons. The molecule has 0 aromatic rings. The lowest BCUT2D eigenvalue weighted by atomic mass is 10.2. The van der Waals surface area contributed by atoms with Gasteiger partial charge in [0.1, 0.15) is 12.6 Å². The number of hydrogen-bond acceptors (Lipinski definition) is 5. The molecule has 0 aromatic heterocycles. The molecule has 1 atom stereocenters. The molecule has 7 nitrogen and oxygen atoms in total. The first-order valence-corrected chi connectivity index (χ1v) is 6.82. The van der Waals surface area contributed by atoms with Crippen LogP contribution in [0.3, 0.4) is 0 Å². The normalized spacial score (nSPS) is 11.4. The quantitative estimate of drug-likeness (QED) is 0.542. The maximum Gasteiger partial charge on any atom is 0.326 e. The molecule has 0 aromatic carbocycles. The third-order valence-corrected chi connectivity index (χ3v) is 2.56. The van der Waals surface area contributed by atoms with Crippen molar-refractivity contribution in [3.05, 3.63) is 0 Å². The average molecular weight is 278 g/mol. The molecule has 0 heterocycles. The summed E-state index contributed by atoms with van der Waals surface area (Å²) in [4.78, 5) is 33.1. The molecule has 0 aliphatic rings. The number of thioether (sulfide) groups is 1. The van der Waals surface area contributed by atoms with E-state index < -0.39 is 24.0 Å². The number of amides is 2. The van der Waals surface area contributed by atoms with E-state index in [4.69, 9.17) is 5.11 Å². The van der Waals surface area contributed by atoms with Gasteiger partial charge < -0.3 is 20.5 Å². The summed E-state index contributed by atoms with van der Waals surface area (Å²) < 4.78 is 4.61. The van der Waals surface area contributed by atoms with E-state index in [0.29, 0.717) is 12.2 Å². The Morgan fingerprint density at radius 2 is 2.06 bits per heavy atom. The zero-order valence-electron chi connectivity index (χ0n) is 10.4. The van der Waals surface area contributed by atoms with Crippen molar-refractivity contribution in [3.8, 4) is 0 Å². The minimum Gasteiger partial charge on any atom is -0.480 e. The second-order valence-electron chi connectivity index (χ2n) is 3.30. The fourth-order valence-corrected chi connectivity index (χ4v) is 1.54. The summed E-state index contributed by atoms with van der Waals surface area (Å²) in [5.74, 6) is -1.05. The summed E-state index contributed by atoms with van der Waals surface area (Å²) in [6, 6.07) is -1.66. The lowest BCUT2D eigenvalue weighted by molar-refractivity contribution is -0.141. The van der Waals surface area contributed by atoms with Gasteiger partial charge in [-0.15, -0.1) is 0 Å². The lowest BCUT2D eigenvalue weighted by Gasteiger charge is -2.14. The first-order chi connectivity index (χ1) is 8.51. The molecule has 0 aliphatic carbocycles. The largest absolute Gasteiger partial charge is 0.480 e. The van der Waals surface area contributed by atoms with Crippen molar-refractivity contribution in [1.82, 2.24) is 10.6 Å². The zero-order chi connectivity index (χ0) is 14.0. The van der Waals surface area contributed by atoms with Crippen LogP contribution in [-0.4, -0.2) is 54.3 Å². The highest BCUT2D eigenvalue weighted by molar-refractivity contribution is 7.98. The van der Waals surface area contributed by atoms with Gasteiger partial charge in [0.05, 0.1) is 6.61 Å². The maximum absolute atomic E-state index is 11.3. The van der Waals surface area contributed by atoms with E-state index in [1.54, 1.807) is 6.92 Å². The molecule has 2 amide bonds. The molecule has 0 fully saturated rings. The SMILES string of the molecule is CCOC(=O)CNC(=O)NC(CCSC)C(=O)O. The molecule has 0 rings (SSSR count). The standard InChI is InChI=1S/C10H18N2O5S/c1-3-17-8(13)6-11-10(16)12-7(9(14)15)4-5-18-2/h7H,3-6H2,1-2H3,(H,14,15)(H2,11,12,16). The highest BCUT2D eigenvalue weighted by atomic mass is 32.2. The highest BCUT2D eigenvalue weighted by Gasteiger charge is 2.19. The smallest absolute Gasteiger partial charge is 0.326 e. The van der Waals surface area contributed by atoms with Crippen molar-refractivity contribution in [2.75, 3.05) is 25.2 Å². The Labute approximate surface area is 110 Å². The molecule has 0 aliphatic heterocycles. The average Bonchev–Trinajstić information content (AvgIpc) is 2.32. The van der Waals surface area contributed by atoms with E-state index in [9.17, 15) is 14.4 Å². The van der Waals surface area contributed by atoms with Crippen molar-refractivity contribution >= 4 is 29.7 Å². The molecule has 0 spiro atoms. The van der Waals surface area contributed by atoms with E-state index in [0.717, 1.165) is 0 Å². The molecular weight excluding hydrogens is 260 g/mol. The van der Waals surface area contributed by atoms with Crippen molar-refractivity contribution in [2.24, 2.45) is 0 Å². The predicted octanol–water partition coefficient (Wildman–Crippen LogP) is 0.0550. The molecule has 0 radical (unpaired) electrons. The number of carbonyl (C=O) groups is 3. The fraction of sp³-hybridized carbons (Fsp3) is 0.700. The van der Waals surface area contributed by atoms with Crippen LogP contribution in [0, 0.1) is 0 Å². The first kappa shape index (κ1) is 16.6. The van der Waals surface area contributed by atoms with Crippen molar-refractivity contribution in [1.29, 1.82) is 0 Å². The second kappa shape index (κ2) is 9.58. The fourth-order valence-electron chi connectivity index (χ4n) is 1.07. The van der Waals surface area contributed by atoms with Gasteiger partial charge in [-0.25, -0.2) is 9.59 Å². The van der Waals surface area contributed by atoms with Crippen LogP contribution in [0.25, 0.3) is 0 Å². The summed E-state index contributed by atoms with van der Waals surface area (Å²) in [5, 5.41) is 13.4. The molecule has 8 heteroatoms. The highest BCUT2D eigenvalue weighted by Crippen LogP contribution is 2.00. The molecular formula is C10H18N2O5S. The summed E-state index contributed by atoms with van der Waals surface area (Å²) >= 11 is 1.49. The number of esters is 1. The second-order valence-corrected chi connectivity index (χ2v) is 4.29. The van der Waals surface area contributed by atoms with Crippen molar-refractivity contribution in [2.45, 2.75) is 19.4 Å². The first-order valence-electron chi connectivity index (χ1n) is 5.43. The van der Waals surface area contributed by atoms with Gasteiger partial charge in [0.25, 0.3) is 0 Å². The number of carboxylic acid groups (broad SMARTS) is 1. The summed E-state index contributed by atoms with van der Waals surface area (Å²) in [6.07, 6.45) is 2.17. The van der Waals surface area contributed by atoms with Crippen LogP contribution in [0.5, 0.6) is 0 Å². The van der Waals surface area contributed by atoms with Crippen LogP contribution < -0.4 is 10.6 Å². The number of hydrogen-bond donors (Lipinski definition) is 3. The van der Waals surface area contributed by atoms with Gasteiger partial charge in [0.15, 0.2) is 0 Å². The Kier molecular flexibility index (Phi) is 8.81. The minimum absolute atomic E-state index is 0.230. The molecule has 0 saturated carbocycles. The van der Waals surface area contributed by atoms with Crippen molar-refractivity contribution in [3.63, 3.8) is 0 Å². The summed E-state index contributed by atoms with van der Waals surface area (Å²) in [6.45, 7) is 1.60. The Balaban J connectivity index is 4.02. The van der Waals surface area contributed by atoms with Crippen LogP contribution in [0.15, 0.2) is 0 Å². The zero-order valence-corrected chi connectivity index (χ0v) is 11.2. The minimum atomic E-state index is -1.10. The monoisotopic (exact) mass is 278 g/mol. The Morgan fingerprint density at radius 1 is 1.39 bits per heavy atom. The number of carboxylic acids is 1. The molecule has 3 N–H and O–H groups in total. The van der Waals surface area contributed by atoms with Crippen LogP contribution in [0.4, 0.5) is 4.79 Å². The van der Waals surface area contributed by atoms with Gasteiger partial charge in [-0.05, 0) is 25.4 Å².